The molecule has 0 amide bonds. The summed E-state index contributed by atoms with van der Waals surface area (Å²) >= 11 is 1.73. The van der Waals surface area contributed by atoms with E-state index in [0.29, 0.717) is 0 Å². The Bertz CT molecular complexity index is 715. The van der Waals surface area contributed by atoms with Crippen molar-refractivity contribution in [2.24, 2.45) is 0 Å². The molecule has 0 N–H and O–H groups in total. The summed E-state index contributed by atoms with van der Waals surface area (Å²) in [4.78, 5) is 9.43. The molecule has 25 heavy (non-hydrogen) atoms. The number of hydrogen-bond donors (Lipinski definition) is 0. The van der Waals surface area contributed by atoms with Crippen molar-refractivity contribution in [3.8, 4) is 0 Å². The van der Waals surface area contributed by atoms with Crippen LogP contribution in [0.15, 0.2) is 17.5 Å². The van der Waals surface area contributed by atoms with Gasteiger partial charge in [-0.3, -0.25) is 4.90 Å². The number of hydrogen-bond acceptors (Lipinski definition) is 7. The highest BCUT2D eigenvalue weighted by atomic mass is 32.1. The van der Waals surface area contributed by atoms with Crippen LogP contribution in [0.3, 0.4) is 0 Å². The number of anilines is 1. The first-order valence-electron chi connectivity index (χ1n) is 8.95. The third-order valence-electron chi connectivity index (χ3n) is 5.03. The topological polar surface area (TPSA) is 54.4 Å². The normalized spacial score (nSPS) is 24.8. The molecule has 1 spiro atoms. The summed E-state index contributed by atoms with van der Waals surface area (Å²) in [6.45, 7) is 9.58. The molecule has 134 valence electrons. The van der Waals surface area contributed by atoms with Crippen LogP contribution in [0.1, 0.15) is 29.2 Å². The van der Waals surface area contributed by atoms with Gasteiger partial charge in [-0.25, -0.2) is 4.98 Å². The molecule has 0 aromatic carbocycles. The minimum atomic E-state index is -0.103. The minimum absolute atomic E-state index is 0.103. The fourth-order valence-electron chi connectivity index (χ4n) is 3.87. The lowest BCUT2D eigenvalue weighted by atomic mass is 9.90. The van der Waals surface area contributed by atoms with Crippen LogP contribution >= 0.6 is 11.3 Å². The molecule has 1 unspecified atom stereocenters. The summed E-state index contributed by atoms with van der Waals surface area (Å²) < 4.78 is 6.31. The van der Waals surface area contributed by atoms with Crippen molar-refractivity contribution in [3.05, 3.63) is 33.9 Å². The molecule has 2 aromatic heterocycles. The van der Waals surface area contributed by atoms with Crippen LogP contribution in [-0.4, -0.2) is 58.5 Å². The Morgan fingerprint density at radius 1 is 1.20 bits per heavy atom. The Morgan fingerprint density at radius 3 is 2.88 bits per heavy atom. The lowest BCUT2D eigenvalue weighted by Gasteiger charge is -2.48. The Labute approximate surface area is 152 Å². The molecule has 7 heteroatoms. The van der Waals surface area contributed by atoms with Crippen molar-refractivity contribution in [3.63, 3.8) is 0 Å². The smallest absolute Gasteiger partial charge is 0.151 e. The molecule has 0 aliphatic carbocycles. The second-order valence-electron chi connectivity index (χ2n) is 7.16. The molecular formula is C18H25N5OS. The zero-order valence-corrected chi connectivity index (χ0v) is 15.8. The van der Waals surface area contributed by atoms with E-state index in [1.165, 1.54) is 5.69 Å². The van der Waals surface area contributed by atoms with Gasteiger partial charge in [-0.05, 0) is 38.8 Å². The van der Waals surface area contributed by atoms with Gasteiger partial charge in [-0.15, -0.1) is 16.4 Å². The van der Waals surface area contributed by atoms with Crippen molar-refractivity contribution >= 4 is 17.2 Å². The summed E-state index contributed by atoms with van der Waals surface area (Å²) in [6.07, 6.45) is 2.23. The molecule has 4 rings (SSSR count). The van der Waals surface area contributed by atoms with Gasteiger partial charge in [-0.1, -0.05) is 0 Å². The quantitative estimate of drug-likeness (QED) is 0.839. The van der Waals surface area contributed by atoms with Gasteiger partial charge in [0.2, 0.25) is 0 Å². The van der Waals surface area contributed by atoms with Gasteiger partial charge in [-0.2, -0.15) is 5.10 Å². The molecule has 2 aliphatic heterocycles. The third-order valence-corrected chi connectivity index (χ3v) is 5.85. The van der Waals surface area contributed by atoms with Crippen molar-refractivity contribution in [2.45, 2.75) is 38.8 Å². The van der Waals surface area contributed by atoms with Crippen molar-refractivity contribution in [1.29, 1.82) is 0 Å². The molecule has 2 aromatic rings. The van der Waals surface area contributed by atoms with Crippen LogP contribution in [0.4, 0.5) is 5.82 Å². The second-order valence-corrected chi connectivity index (χ2v) is 8.22. The van der Waals surface area contributed by atoms with Crippen LogP contribution < -0.4 is 4.90 Å². The number of thiazole rings is 1. The predicted octanol–water partition coefficient (Wildman–Crippen LogP) is 2.42. The lowest BCUT2D eigenvalue weighted by molar-refractivity contribution is -0.116. The Kier molecular flexibility index (Phi) is 4.71. The monoisotopic (exact) mass is 359 g/mol. The van der Waals surface area contributed by atoms with E-state index in [-0.39, 0.29) is 5.60 Å². The van der Waals surface area contributed by atoms with Crippen LogP contribution in [0.5, 0.6) is 0 Å². The maximum absolute atomic E-state index is 6.31. The van der Waals surface area contributed by atoms with E-state index in [1.807, 2.05) is 13.0 Å². The van der Waals surface area contributed by atoms with Gasteiger partial charge >= 0.3 is 0 Å². The van der Waals surface area contributed by atoms with Crippen molar-refractivity contribution < 1.29 is 4.74 Å². The highest BCUT2D eigenvalue weighted by Crippen LogP contribution is 2.31. The molecule has 0 bridgehead atoms. The van der Waals surface area contributed by atoms with Crippen LogP contribution in [0.25, 0.3) is 0 Å². The summed E-state index contributed by atoms with van der Waals surface area (Å²) in [5.74, 6) is 0.959. The van der Waals surface area contributed by atoms with Crippen LogP contribution in [-0.2, 0) is 11.3 Å². The molecule has 1 atom stereocenters. The van der Waals surface area contributed by atoms with Gasteiger partial charge in [0.25, 0.3) is 0 Å². The number of ether oxygens (including phenoxy) is 1. The van der Waals surface area contributed by atoms with E-state index in [2.05, 4.69) is 43.4 Å². The van der Waals surface area contributed by atoms with E-state index < -0.39 is 0 Å². The second kappa shape index (κ2) is 6.97. The van der Waals surface area contributed by atoms with E-state index in [9.17, 15) is 0 Å². The zero-order valence-electron chi connectivity index (χ0n) is 14.9. The molecule has 0 saturated carbocycles. The number of morpholine rings is 1. The fraction of sp³-hybridized carbons (Fsp3) is 0.611. The number of aromatic nitrogens is 3. The van der Waals surface area contributed by atoms with Gasteiger partial charge in [0.1, 0.15) is 0 Å². The molecular weight excluding hydrogens is 334 g/mol. The Morgan fingerprint density at radius 2 is 2.12 bits per heavy atom. The van der Waals surface area contributed by atoms with E-state index in [1.54, 1.807) is 11.3 Å². The van der Waals surface area contributed by atoms with E-state index >= 15 is 0 Å². The van der Waals surface area contributed by atoms with Crippen LogP contribution in [0.2, 0.25) is 0 Å². The van der Waals surface area contributed by atoms with Gasteiger partial charge in [0, 0.05) is 38.1 Å². The van der Waals surface area contributed by atoms with Gasteiger partial charge < -0.3 is 9.64 Å². The summed E-state index contributed by atoms with van der Waals surface area (Å²) in [5.41, 5.74) is 2.03. The Balaban J connectivity index is 1.45. The SMILES string of the molecule is Cc1ccc(N2CCCC3(CN(Cc4csc(C)n4)CCO3)C2)nn1. The summed E-state index contributed by atoms with van der Waals surface area (Å²) in [7, 11) is 0. The first-order valence-corrected chi connectivity index (χ1v) is 9.83. The number of nitrogens with zero attached hydrogens (tertiary/aromatic N) is 5. The molecule has 4 heterocycles. The van der Waals surface area contributed by atoms with Gasteiger partial charge in [0.05, 0.1) is 28.6 Å². The highest BCUT2D eigenvalue weighted by Gasteiger charge is 2.41. The van der Waals surface area contributed by atoms with Crippen LogP contribution in [0, 0.1) is 13.8 Å². The number of aryl methyl sites for hydroxylation is 2. The largest absolute Gasteiger partial charge is 0.370 e. The molecule has 2 fully saturated rings. The zero-order chi connectivity index (χ0) is 17.3. The average Bonchev–Trinajstić information content (AvgIpc) is 3.00. The Hall–Kier alpha value is -1.57. The average molecular weight is 359 g/mol. The standard InChI is InChI=1S/C18H25N5OS/c1-14-4-5-17(21-20-14)23-7-3-6-18(13-23)12-22(8-9-24-18)10-16-11-25-15(2)19-16/h4-5,11H,3,6-10,12-13H2,1-2H3. The highest BCUT2D eigenvalue weighted by molar-refractivity contribution is 7.09. The fourth-order valence-corrected chi connectivity index (χ4v) is 4.47. The van der Waals surface area contributed by atoms with Crippen molar-refractivity contribution in [2.75, 3.05) is 37.7 Å². The predicted molar refractivity (Wildman–Crippen MR) is 99.0 cm³/mol. The molecule has 0 radical (unpaired) electrons. The molecule has 2 aliphatic rings. The van der Waals surface area contributed by atoms with E-state index in [0.717, 1.165) is 68.7 Å². The molecule has 2 saturated heterocycles. The maximum atomic E-state index is 6.31. The lowest BCUT2D eigenvalue weighted by Crippen LogP contribution is -2.59. The minimum Gasteiger partial charge on any atom is -0.370 e. The number of piperidine rings is 1. The van der Waals surface area contributed by atoms with Crippen molar-refractivity contribution in [1.82, 2.24) is 20.1 Å². The molecule has 6 nitrogen and oxygen atoms in total. The summed E-state index contributed by atoms with van der Waals surface area (Å²) in [5, 5.41) is 11.9. The first kappa shape index (κ1) is 16.9. The maximum Gasteiger partial charge on any atom is 0.151 e. The number of rotatable bonds is 3. The third kappa shape index (κ3) is 3.83. The first-order chi connectivity index (χ1) is 12.1. The summed E-state index contributed by atoms with van der Waals surface area (Å²) in [6, 6.07) is 4.10. The van der Waals surface area contributed by atoms with E-state index in [4.69, 9.17) is 4.74 Å². The van der Waals surface area contributed by atoms with Gasteiger partial charge in [0.15, 0.2) is 5.82 Å².